The van der Waals surface area contributed by atoms with E-state index in [0.717, 1.165) is 29.7 Å². The molecule has 0 aliphatic heterocycles. The first-order valence-corrected chi connectivity index (χ1v) is 7.35. The molecule has 0 aliphatic carbocycles. The topological polar surface area (TPSA) is 42.7 Å². The molecular formula is C17H20N4. The molecule has 1 N–H and O–H groups in total. The molecule has 1 atom stereocenters. The Balaban J connectivity index is 2.12. The van der Waals surface area contributed by atoms with Gasteiger partial charge in [-0.05, 0) is 19.0 Å². The minimum absolute atomic E-state index is 0.0588. The quantitative estimate of drug-likeness (QED) is 0.781. The van der Waals surface area contributed by atoms with Gasteiger partial charge < -0.3 is 9.88 Å². The van der Waals surface area contributed by atoms with Crippen LogP contribution in [0.5, 0.6) is 0 Å². The van der Waals surface area contributed by atoms with Crippen molar-refractivity contribution in [3.8, 4) is 0 Å². The van der Waals surface area contributed by atoms with Gasteiger partial charge in [0.1, 0.15) is 5.82 Å². The van der Waals surface area contributed by atoms with Gasteiger partial charge in [-0.1, -0.05) is 31.2 Å². The molecule has 0 saturated carbocycles. The van der Waals surface area contributed by atoms with E-state index >= 15 is 0 Å². The number of hydrogen-bond donors (Lipinski definition) is 1. The van der Waals surface area contributed by atoms with E-state index in [4.69, 9.17) is 0 Å². The summed E-state index contributed by atoms with van der Waals surface area (Å²) in [6, 6.07) is 10.5. The molecular weight excluding hydrogens is 260 g/mol. The van der Waals surface area contributed by atoms with Crippen LogP contribution in [0.4, 0.5) is 0 Å². The molecule has 0 aliphatic rings. The number of benzene rings is 1. The maximum Gasteiger partial charge on any atom is 0.130 e. The zero-order valence-corrected chi connectivity index (χ0v) is 12.5. The molecule has 3 rings (SSSR count). The van der Waals surface area contributed by atoms with Gasteiger partial charge in [-0.25, -0.2) is 4.98 Å². The zero-order chi connectivity index (χ0) is 14.7. The molecule has 2 aromatic heterocycles. The van der Waals surface area contributed by atoms with Crippen LogP contribution < -0.4 is 5.32 Å². The molecule has 0 saturated heterocycles. The Morgan fingerprint density at radius 3 is 2.76 bits per heavy atom. The average molecular weight is 280 g/mol. The normalized spacial score (nSPS) is 12.7. The van der Waals surface area contributed by atoms with E-state index in [1.54, 1.807) is 0 Å². The van der Waals surface area contributed by atoms with E-state index < -0.39 is 0 Å². The molecule has 108 valence electrons. The molecule has 0 spiro atoms. The van der Waals surface area contributed by atoms with Gasteiger partial charge in [-0.15, -0.1) is 0 Å². The van der Waals surface area contributed by atoms with Crippen LogP contribution in [0.1, 0.15) is 30.8 Å². The van der Waals surface area contributed by atoms with Crippen LogP contribution in [-0.4, -0.2) is 21.1 Å². The van der Waals surface area contributed by atoms with Crippen LogP contribution in [0.15, 0.2) is 48.9 Å². The summed E-state index contributed by atoms with van der Waals surface area (Å²) in [5.74, 6) is 1.02. The van der Waals surface area contributed by atoms with E-state index in [9.17, 15) is 0 Å². The van der Waals surface area contributed by atoms with E-state index in [-0.39, 0.29) is 6.04 Å². The van der Waals surface area contributed by atoms with Crippen molar-refractivity contribution in [3.63, 3.8) is 0 Å². The molecule has 0 bridgehead atoms. The standard InChI is InChI=1S/C17H20N4/c1-3-9-18-16(17-20-11-12-21(17)2)14-8-4-6-13-7-5-10-19-15(13)14/h4-8,10-12,16,18H,3,9H2,1-2H3. The zero-order valence-electron chi connectivity index (χ0n) is 12.5. The fourth-order valence-corrected chi connectivity index (χ4v) is 2.65. The Labute approximate surface area is 124 Å². The highest BCUT2D eigenvalue weighted by atomic mass is 15.1. The molecule has 2 heterocycles. The minimum Gasteiger partial charge on any atom is -0.336 e. The Morgan fingerprint density at radius 2 is 2.00 bits per heavy atom. The lowest BCUT2D eigenvalue weighted by molar-refractivity contribution is 0.558. The fraction of sp³-hybridized carbons (Fsp3) is 0.294. The number of pyridine rings is 1. The van der Waals surface area contributed by atoms with E-state index in [0.29, 0.717) is 0 Å². The Bertz CT molecular complexity index is 727. The van der Waals surface area contributed by atoms with Crippen molar-refractivity contribution >= 4 is 10.9 Å². The van der Waals surface area contributed by atoms with Gasteiger partial charge in [0.15, 0.2) is 0 Å². The second-order valence-electron chi connectivity index (χ2n) is 5.21. The summed E-state index contributed by atoms with van der Waals surface area (Å²) < 4.78 is 2.06. The van der Waals surface area contributed by atoms with Gasteiger partial charge in [0, 0.05) is 36.6 Å². The summed E-state index contributed by atoms with van der Waals surface area (Å²) in [5.41, 5.74) is 2.22. The maximum absolute atomic E-state index is 4.57. The molecule has 3 aromatic rings. The molecule has 21 heavy (non-hydrogen) atoms. The second kappa shape index (κ2) is 6.06. The van der Waals surface area contributed by atoms with Crippen LogP contribution in [0.2, 0.25) is 0 Å². The smallest absolute Gasteiger partial charge is 0.130 e. The van der Waals surface area contributed by atoms with Crippen molar-refractivity contribution in [2.24, 2.45) is 7.05 Å². The van der Waals surface area contributed by atoms with Gasteiger partial charge >= 0.3 is 0 Å². The second-order valence-corrected chi connectivity index (χ2v) is 5.21. The summed E-state index contributed by atoms with van der Waals surface area (Å²) in [5, 5.41) is 4.76. The summed E-state index contributed by atoms with van der Waals surface area (Å²) in [6.07, 6.45) is 6.75. The summed E-state index contributed by atoms with van der Waals surface area (Å²) >= 11 is 0. The number of nitrogens with zero attached hydrogens (tertiary/aromatic N) is 3. The lowest BCUT2D eigenvalue weighted by Crippen LogP contribution is -2.26. The third-order valence-electron chi connectivity index (χ3n) is 3.69. The van der Waals surface area contributed by atoms with Gasteiger partial charge in [0.25, 0.3) is 0 Å². The van der Waals surface area contributed by atoms with Crippen LogP contribution in [0, 0.1) is 0 Å². The van der Waals surface area contributed by atoms with E-state index in [2.05, 4.69) is 51.0 Å². The third-order valence-corrected chi connectivity index (χ3v) is 3.69. The number of hydrogen-bond acceptors (Lipinski definition) is 3. The largest absolute Gasteiger partial charge is 0.336 e. The van der Waals surface area contributed by atoms with Crippen molar-refractivity contribution in [2.45, 2.75) is 19.4 Å². The number of para-hydroxylation sites is 1. The maximum atomic E-state index is 4.57. The monoisotopic (exact) mass is 280 g/mol. The highest BCUT2D eigenvalue weighted by Crippen LogP contribution is 2.26. The third kappa shape index (κ3) is 2.67. The number of aromatic nitrogens is 3. The molecule has 4 heteroatoms. The first-order chi connectivity index (χ1) is 10.3. The SMILES string of the molecule is CCCNC(c1cccc2cccnc12)c1nccn1C. The van der Waals surface area contributed by atoms with Crippen molar-refractivity contribution in [2.75, 3.05) is 6.54 Å². The van der Waals surface area contributed by atoms with Crippen molar-refractivity contribution < 1.29 is 0 Å². The molecule has 0 fully saturated rings. The summed E-state index contributed by atoms with van der Waals surface area (Å²) in [7, 11) is 2.03. The lowest BCUT2D eigenvalue weighted by atomic mass is 10.0. The number of rotatable bonds is 5. The molecule has 4 nitrogen and oxygen atoms in total. The Hall–Kier alpha value is -2.20. The first kappa shape index (κ1) is 13.8. The average Bonchev–Trinajstić information content (AvgIpc) is 2.94. The van der Waals surface area contributed by atoms with Gasteiger partial charge in [0.05, 0.1) is 11.6 Å². The molecule has 0 amide bonds. The van der Waals surface area contributed by atoms with Crippen LogP contribution in [0.25, 0.3) is 10.9 Å². The van der Waals surface area contributed by atoms with Crippen molar-refractivity contribution in [1.29, 1.82) is 0 Å². The highest BCUT2D eigenvalue weighted by Gasteiger charge is 2.20. The van der Waals surface area contributed by atoms with E-state index in [1.165, 1.54) is 5.56 Å². The predicted molar refractivity (Wildman–Crippen MR) is 85.1 cm³/mol. The van der Waals surface area contributed by atoms with Gasteiger partial charge in [-0.3, -0.25) is 4.98 Å². The minimum atomic E-state index is 0.0588. The van der Waals surface area contributed by atoms with Gasteiger partial charge in [-0.2, -0.15) is 0 Å². The molecule has 0 radical (unpaired) electrons. The number of imidazole rings is 1. The molecule has 1 aromatic carbocycles. The molecule has 1 unspecified atom stereocenters. The first-order valence-electron chi connectivity index (χ1n) is 7.35. The fourth-order valence-electron chi connectivity index (χ4n) is 2.65. The summed E-state index contributed by atoms with van der Waals surface area (Å²) in [4.78, 5) is 9.10. The Morgan fingerprint density at radius 1 is 1.14 bits per heavy atom. The van der Waals surface area contributed by atoms with E-state index in [1.807, 2.05) is 31.7 Å². The number of fused-ring (bicyclic) bond motifs is 1. The number of aryl methyl sites for hydroxylation is 1. The van der Waals surface area contributed by atoms with Crippen LogP contribution in [0.3, 0.4) is 0 Å². The van der Waals surface area contributed by atoms with Crippen molar-refractivity contribution in [1.82, 2.24) is 19.9 Å². The van der Waals surface area contributed by atoms with Crippen LogP contribution >= 0.6 is 0 Å². The van der Waals surface area contributed by atoms with Crippen molar-refractivity contribution in [3.05, 3.63) is 60.3 Å². The predicted octanol–water partition coefficient (Wildman–Crippen LogP) is 3.06. The van der Waals surface area contributed by atoms with Gasteiger partial charge in [0.2, 0.25) is 0 Å². The highest BCUT2D eigenvalue weighted by molar-refractivity contribution is 5.82. The summed E-state index contributed by atoms with van der Waals surface area (Å²) in [6.45, 7) is 3.12. The Kier molecular flexibility index (Phi) is 3.97. The number of nitrogens with one attached hydrogen (secondary N) is 1. The lowest BCUT2D eigenvalue weighted by Gasteiger charge is -2.20. The van der Waals surface area contributed by atoms with Crippen LogP contribution in [-0.2, 0) is 7.05 Å².